The molecule has 19 heavy (non-hydrogen) atoms. The van der Waals surface area contributed by atoms with E-state index in [-0.39, 0.29) is 12.6 Å². The van der Waals surface area contributed by atoms with Crippen LogP contribution in [0.1, 0.15) is 37.8 Å². The monoisotopic (exact) mass is 262 g/mol. The molecule has 0 bridgehead atoms. The van der Waals surface area contributed by atoms with Gasteiger partial charge in [0, 0.05) is 6.04 Å². The minimum atomic E-state index is 0.0689. The zero-order valence-corrected chi connectivity index (χ0v) is 11.9. The van der Waals surface area contributed by atoms with Gasteiger partial charge in [-0.1, -0.05) is 37.3 Å². The van der Waals surface area contributed by atoms with Crippen LogP contribution in [0.25, 0.3) is 0 Å². The Kier molecular flexibility index (Phi) is 5.83. The van der Waals surface area contributed by atoms with Gasteiger partial charge in [-0.05, 0) is 44.5 Å². The molecule has 0 radical (unpaired) electrons. The highest BCUT2D eigenvalue weighted by Gasteiger charge is 2.19. The molecule has 1 heterocycles. The van der Waals surface area contributed by atoms with Gasteiger partial charge in [0.2, 0.25) is 0 Å². The maximum absolute atomic E-state index is 9.61. The molecule has 1 saturated heterocycles. The Bertz CT molecular complexity index is 355. The lowest BCUT2D eigenvalue weighted by Gasteiger charge is -2.24. The Morgan fingerprint density at radius 3 is 2.74 bits per heavy atom. The maximum Gasteiger partial charge on any atom is 0.0626 e. The topological polar surface area (TPSA) is 35.5 Å². The van der Waals surface area contributed by atoms with Gasteiger partial charge in [-0.3, -0.25) is 0 Å². The quantitative estimate of drug-likeness (QED) is 0.854. The summed E-state index contributed by atoms with van der Waals surface area (Å²) in [4.78, 5) is 2.51. The van der Waals surface area contributed by atoms with Crippen molar-refractivity contribution in [2.45, 2.75) is 38.3 Å². The van der Waals surface area contributed by atoms with E-state index in [1.165, 1.54) is 37.9 Å². The summed E-state index contributed by atoms with van der Waals surface area (Å²) in [6.45, 7) is 5.92. The largest absolute Gasteiger partial charge is 0.394 e. The molecule has 0 aromatic heterocycles. The van der Waals surface area contributed by atoms with Crippen LogP contribution in [0.5, 0.6) is 0 Å². The van der Waals surface area contributed by atoms with Crippen molar-refractivity contribution in [2.24, 2.45) is 0 Å². The highest BCUT2D eigenvalue weighted by Crippen LogP contribution is 2.17. The molecular weight excluding hydrogens is 236 g/mol. The van der Waals surface area contributed by atoms with Crippen molar-refractivity contribution in [1.82, 2.24) is 10.2 Å². The van der Waals surface area contributed by atoms with Gasteiger partial charge in [-0.2, -0.15) is 0 Å². The summed E-state index contributed by atoms with van der Waals surface area (Å²) in [5.41, 5.74) is 1.18. The first kappa shape index (κ1) is 14.5. The van der Waals surface area contributed by atoms with E-state index in [0.29, 0.717) is 6.04 Å². The molecule has 1 unspecified atom stereocenters. The molecule has 1 aromatic rings. The number of hydrogen-bond donors (Lipinski definition) is 2. The molecule has 2 N–H and O–H groups in total. The van der Waals surface area contributed by atoms with Gasteiger partial charge < -0.3 is 15.3 Å². The molecule has 3 heteroatoms. The number of aliphatic hydroxyl groups is 1. The minimum absolute atomic E-state index is 0.0689. The Balaban J connectivity index is 1.91. The van der Waals surface area contributed by atoms with Crippen LogP contribution >= 0.6 is 0 Å². The number of hydrogen-bond acceptors (Lipinski definition) is 3. The van der Waals surface area contributed by atoms with Crippen LogP contribution in [0, 0.1) is 0 Å². The zero-order valence-electron chi connectivity index (χ0n) is 11.9. The summed E-state index contributed by atoms with van der Waals surface area (Å²) in [6.07, 6.45) is 3.63. The summed E-state index contributed by atoms with van der Waals surface area (Å²) in [5.74, 6) is 0. The molecule has 1 aliphatic heterocycles. The van der Waals surface area contributed by atoms with E-state index < -0.39 is 0 Å². The van der Waals surface area contributed by atoms with Crippen molar-refractivity contribution in [3.8, 4) is 0 Å². The minimum Gasteiger partial charge on any atom is -0.394 e. The van der Waals surface area contributed by atoms with Gasteiger partial charge >= 0.3 is 0 Å². The second-order valence-corrected chi connectivity index (χ2v) is 5.37. The van der Waals surface area contributed by atoms with Crippen LogP contribution in [-0.4, -0.2) is 42.3 Å². The average molecular weight is 262 g/mol. The third-order valence-electron chi connectivity index (χ3n) is 4.09. The van der Waals surface area contributed by atoms with Crippen LogP contribution in [0.3, 0.4) is 0 Å². The van der Waals surface area contributed by atoms with E-state index >= 15 is 0 Å². The molecule has 3 nitrogen and oxygen atoms in total. The second-order valence-electron chi connectivity index (χ2n) is 5.37. The summed E-state index contributed by atoms with van der Waals surface area (Å²) in [7, 11) is 0. The van der Waals surface area contributed by atoms with E-state index in [4.69, 9.17) is 0 Å². The number of benzene rings is 1. The first-order chi connectivity index (χ1) is 9.33. The van der Waals surface area contributed by atoms with Crippen molar-refractivity contribution < 1.29 is 5.11 Å². The molecule has 0 spiro atoms. The fraction of sp³-hybridized carbons (Fsp3) is 0.625. The summed E-state index contributed by atoms with van der Waals surface area (Å²) in [5, 5.41) is 13.2. The van der Waals surface area contributed by atoms with Crippen LogP contribution in [0.15, 0.2) is 30.3 Å². The molecule has 1 aromatic carbocycles. The van der Waals surface area contributed by atoms with Crippen LogP contribution in [0.4, 0.5) is 0 Å². The smallest absolute Gasteiger partial charge is 0.0626 e. The normalized spacial score (nSPS) is 22.9. The summed E-state index contributed by atoms with van der Waals surface area (Å²) >= 11 is 0. The Labute approximate surface area is 116 Å². The molecule has 1 aliphatic rings. The predicted octanol–water partition coefficient (Wildman–Crippen LogP) is 2.18. The molecule has 106 valence electrons. The molecule has 0 amide bonds. The van der Waals surface area contributed by atoms with Gasteiger partial charge in [0.05, 0.1) is 12.6 Å². The van der Waals surface area contributed by atoms with Crippen molar-refractivity contribution in [3.63, 3.8) is 0 Å². The Morgan fingerprint density at radius 2 is 2.05 bits per heavy atom. The first-order valence-electron chi connectivity index (χ1n) is 7.47. The maximum atomic E-state index is 9.61. The number of likely N-dealkylation sites (tertiary alicyclic amines) is 1. The third kappa shape index (κ3) is 4.30. The van der Waals surface area contributed by atoms with Crippen LogP contribution in [-0.2, 0) is 0 Å². The lowest BCUT2D eigenvalue weighted by Crippen LogP contribution is -2.35. The lowest BCUT2D eigenvalue weighted by atomic mass is 10.0. The molecule has 2 rings (SSSR count). The van der Waals surface area contributed by atoms with Gasteiger partial charge in [0.25, 0.3) is 0 Å². The Hall–Kier alpha value is -0.900. The van der Waals surface area contributed by atoms with Gasteiger partial charge in [0.1, 0.15) is 0 Å². The fourth-order valence-electron chi connectivity index (χ4n) is 2.86. The third-order valence-corrected chi connectivity index (χ3v) is 4.09. The summed E-state index contributed by atoms with van der Waals surface area (Å²) < 4.78 is 0. The van der Waals surface area contributed by atoms with Crippen molar-refractivity contribution in [1.29, 1.82) is 0 Å². The lowest BCUT2D eigenvalue weighted by molar-refractivity contribution is 0.227. The van der Waals surface area contributed by atoms with Gasteiger partial charge in [-0.25, -0.2) is 0 Å². The standard InChI is InChI=1S/C16H26N2O/c1-2-18-11-6-9-15(10-12-18)17-16(13-19)14-7-4-3-5-8-14/h3-5,7-8,15-17,19H,2,6,9-13H2,1H3/t15?,16-/m0/s1. The predicted molar refractivity (Wildman–Crippen MR) is 79.2 cm³/mol. The van der Waals surface area contributed by atoms with E-state index in [2.05, 4.69) is 29.3 Å². The summed E-state index contributed by atoms with van der Waals surface area (Å²) in [6, 6.07) is 10.8. The van der Waals surface area contributed by atoms with Crippen LogP contribution in [0.2, 0.25) is 0 Å². The van der Waals surface area contributed by atoms with E-state index in [0.717, 1.165) is 6.54 Å². The number of aliphatic hydroxyl groups excluding tert-OH is 1. The SMILES string of the molecule is CCN1CCCC(N[C@@H](CO)c2ccccc2)CC1. The second kappa shape index (κ2) is 7.63. The molecule has 0 aliphatic carbocycles. The van der Waals surface area contributed by atoms with E-state index in [1.807, 2.05) is 18.2 Å². The highest BCUT2D eigenvalue weighted by atomic mass is 16.3. The molecule has 2 atom stereocenters. The number of nitrogens with one attached hydrogen (secondary N) is 1. The van der Waals surface area contributed by atoms with Gasteiger partial charge in [-0.15, -0.1) is 0 Å². The highest BCUT2D eigenvalue weighted by molar-refractivity contribution is 5.19. The van der Waals surface area contributed by atoms with E-state index in [1.54, 1.807) is 0 Å². The van der Waals surface area contributed by atoms with Crippen molar-refractivity contribution >= 4 is 0 Å². The molecule has 1 fully saturated rings. The van der Waals surface area contributed by atoms with Crippen LogP contribution < -0.4 is 5.32 Å². The number of rotatable bonds is 5. The van der Waals surface area contributed by atoms with Crippen molar-refractivity contribution in [3.05, 3.63) is 35.9 Å². The fourth-order valence-corrected chi connectivity index (χ4v) is 2.86. The zero-order chi connectivity index (χ0) is 13.5. The molecule has 0 saturated carbocycles. The van der Waals surface area contributed by atoms with Gasteiger partial charge in [0.15, 0.2) is 0 Å². The molecular formula is C16H26N2O. The van der Waals surface area contributed by atoms with E-state index in [9.17, 15) is 5.11 Å². The Morgan fingerprint density at radius 1 is 1.26 bits per heavy atom. The first-order valence-corrected chi connectivity index (χ1v) is 7.47. The number of nitrogens with zero attached hydrogens (tertiary/aromatic N) is 1. The van der Waals surface area contributed by atoms with Crippen molar-refractivity contribution in [2.75, 3.05) is 26.2 Å². The average Bonchev–Trinajstić information content (AvgIpc) is 2.70.